The number of thiazole rings is 1. The van der Waals surface area contributed by atoms with Crippen molar-refractivity contribution in [2.24, 2.45) is 0 Å². The Kier molecular flexibility index (Phi) is 5.99. The minimum Gasteiger partial charge on any atom is -0.383 e. The summed E-state index contributed by atoms with van der Waals surface area (Å²) in [6, 6.07) is 3.77. The van der Waals surface area contributed by atoms with Crippen LogP contribution in [0, 0.1) is 6.92 Å². The summed E-state index contributed by atoms with van der Waals surface area (Å²) in [5.41, 5.74) is 1.67. The molecule has 0 aromatic carbocycles. The average molecular weight is 360 g/mol. The predicted octanol–water partition coefficient (Wildman–Crippen LogP) is 2.61. The molecule has 1 aliphatic rings. The van der Waals surface area contributed by atoms with Crippen molar-refractivity contribution in [2.75, 3.05) is 38.3 Å². The molecular weight excluding hydrogens is 336 g/mol. The third-order valence-corrected chi connectivity index (χ3v) is 5.46. The van der Waals surface area contributed by atoms with Gasteiger partial charge in [-0.1, -0.05) is 0 Å². The first-order valence-electron chi connectivity index (χ1n) is 8.57. The molecule has 6 nitrogen and oxygen atoms in total. The third-order valence-electron chi connectivity index (χ3n) is 4.33. The number of hydrogen-bond acceptors (Lipinski definition) is 6. The van der Waals surface area contributed by atoms with Gasteiger partial charge in [-0.15, -0.1) is 11.3 Å². The molecule has 0 aliphatic carbocycles. The van der Waals surface area contributed by atoms with Crippen LogP contribution in [0.25, 0.3) is 0 Å². The number of pyridine rings is 1. The predicted molar refractivity (Wildman–Crippen MR) is 99.5 cm³/mol. The van der Waals surface area contributed by atoms with Gasteiger partial charge in [0.25, 0.3) is 5.91 Å². The molecule has 1 saturated heterocycles. The first-order valence-corrected chi connectivity index (χ1v) is 9.45. The lowest BCUT2D eigenvalue weighted by atomic mass is 9.98. The number of piperidine rings is 1. The number of amides is 1. The quantitative estimate of drug-likeness (QED) is 0.802. The van der Waals surface area contributed by atoms with Gasteiger partial charge in [-0.2, -0.15) is 0 Å². The number of aromatic nitrogens is 2. The van der Waals surface area contributed by atoms with E-state index in [-0.39, 0.29) is 5.91 Å². The number of hydrogen-bond donors (Lipinski definition) is 1. The zero-order valence-electron chi connectivity index (χ0n) is 14.7. The second-order valence-corrected chi connectivity index (χ2v) is 7.16. The number of aryl methyl sites for hydroxylation is 1. The van der Waals surface area contributed by atoms with Crippen molar-refractivity contribution in [3.05, 3.63) is 40.0 Å². The lowest BCUT2D eigenvalue weighted by Crippen LogP contribution is -2.35. The maximum atomic E-state index is 12.0. The van der Waals surface area contributed by atoms with E-state index in [0.717, 1.165) is 31.0 Å². The van der Waals surface area contributed by atoms with Crippen LogP contribution in [-0.4, -0.2) is 49.2 Å². The van der Waals surface area contributed by atoms with Crippen molar-refractivity contribution in [3.8, 4) is 0 Å². The largest absolute Gasteiger partial charge is 0.383 e. The molecular formula is C18H24N4O2S. The molecule has 1 amide bonds. The zero-order valence-corrected chi connectivity index (χ0v) is 15.5. The smallest absolute Gasteiger partial charge is 0.252 e. The lowest BCUT2D eigenvalue weighted by molar-refractivity contribution is 0.0937. The molecule has 0 bridgehead atoms. The number of nitrogens with zero attached hydrogens (tertiary/aromatic N) is 3. The number of methoxy groups -OCH3 is 1. The highest BCUT2D eigenvalue weighted by Crippen LogP contribution is 2.31. The molecule has 7 heteroatoms. The third kappa shape index (κ3) is 4.55. The van der Waals surface area contributed by atoms with Crippen molar-refractivity contribution >= 4 is 23.1 Å². The fourth-order valence-electron chi connectivity index (χ4n) is 3.02. The molecule has 0 radical (unpaired) electrons. The summed E-state index contributed by atoms with van der Waals surface area (Å²) in [4.78, 5) is 23.5. The summed E-state index contributed by atoms with van der Waals surface area (Å²) >= 11 is 1.75. The molecule has 3 rings (SSSR count). The number of carbonyl (C=O) groups is 1. The summed E-state index contributed by atoms with van der Waals surface area (Å²) in [7, 11) is 1.61. The first-order chi connectivity index (χ1) is 12.2. The Morgan fingerprint density at radius 3 is 3.04 bits per heavy atom. The maximum Gasteiger partial charge on any atom is 0.252 e. The minimum absolute atomic E-state index is 0.120. The summed E-state index contributed by atoms with van der Waals surface area (Å²) < 4.78 is 4.93. The first kappa shape index (κ1) is 17.8. The summed E-state index contributed by atoms with van der Waals surface area (Å²) in [5.74, 6) is 1.27. The zero-order chi connectivity index (χ0) is 17.6. The van der Waals surface area contributed by atoms with Crippen LogP contribution in [0.4, 0.5) is 5.82 Å². The Hall–Kier alpha value is -1.99. The summed E-state index contributed by atoms with van der Waals surface area (Å²) in [5, 5.41) is 6.14. The molecule has 1 aliphatic heterocycles. The van der Waals surface area contributed by atoms with Crippen LogP contribution in [0.1, 0.15) is 39.8 Å². The molecule has 1 unspecified atom stereocenters. The van der Waals surface area contributed by atoms with Crippen LogP contribution in [0.2, 0.25) is 0 Å². The van der Waals surface area contributed by atoms with E-state index in [4.69, 9.17) is 4.74 Å². The van der Waals surface area contributed by atoms with Crippen molar-refractivity contribution < 1.29 is 9.53 Å². The molecule has 1 fully saturated rings. The van der Waals surface area contributed by atoms with Gasteiger partial charge in [0.15, 0.2) is 0 Å². The Labute approximate surface area is 152 Å². The fraction of sp³-hybridized carbons (Fsp3) is 0.500. The summed E-state index contributed by atoms with van der Waals surface area (Å²) in [6.07, 6.45) is 3.95. The van der Waals surface area contributed by atoms with Crippen LogP contribution in [0.3, 0.4) is 0 Å². The van der Waals surface area contributed by atoms with E-state index in [1.54, 1.807) is 24.6 Å². The van der Waals surface area contributed by atoms with Crippen LogP contribution in [0.5, 0.6) is 0 Å². The van der Waals surface area contributed by atoms with Gasteiger partial charge in [0.05, 0.1) is 17.2 Å². The SMILES string of the molecule is COCCNC(=O)c1ccc(N2CCCC(c3nc(C)cs3)C2)nc1. The van der Waals surface area contributed by atoms with Crippen molar-refractivity contribution in [1.29, 1.82) is 0 Å². The van der Waals surface area contributed by atoms with Crippen molar-refractivity contribution in [2.45, 2.75) is 25.7 Å². The number of ether oxygens (including phenoxy) is 1. The van der Waals surface area contributed by atoms with Crippen LogP contribution in [0.15, 0.2) is 23.7 Å². The summed E-state index contributed by atoms with van der Waals surface area (Å²) in [6.45, 7) is 4.96. The molecule has 1 N–H and O–H groups in total. The van der Waals surface area contributed by atoms with Gasteiger partial charge < -0.3 is 15.0 Å². The Morgan fingerprint density at radius 1 is 1.48 bits per heavy atom. The molecule has 2 aromatic heterocycles. The number of rotatable bonds is 6. The molecule has 1 atom stereocenters. The van der Waals surface area contributed by atoms with Crippen molar-refractivity contribution in [3.63, 3.8) is 0 Å². The van der Waals surface area contributed by atoms with E-state index in [2.05, 4.69) is 25.6 Å². The van der Waals surface area contributed by atoms with Crippen molar-refractivity contribution in [1.82, 2.24) is 15.3 Å². The maximum absolute atomic E-state index is 12.0. The highest BCUT2D eigenvalue weighted by Gasteiger charge is 2.24. The normalized spacial score (nSPS) is 17.5. The fourth-order valence-corrected chi connectivity index (χ4v) is 3.95. The van der Waals surface area contributed by atoms with E-state index in [9.17, 15) is 4.79 Å². The van der Waals surface area contributed by atoms with E-state index >= 15 is 0 Å². The van der Waals surface area contributed by atoms with Crippen LogP contribution < -0.4 is 10.2 Å². The average Bonchev–Trinajstić information content (AvgIpc) is 3.08. The van der Waals surface area contributed by atoms with Gasteiger partial charge in [0.2, 0.25) is 0 Å². The molecule has 2 aromatic rings. The highest BCUT2D eigenvalue weighted by molar-refractivity contribution is 7.09. The van der Waals surface area contributed by atoms with E-state index < -0.39 is 0 Å². The standard InChI is InChI=1S/C18H24N4O2S/c1-13-12-25-18(21-13)15-4-3-8-22(11-15)16-6-5-14(10-20-16)17(23)19-7-9-24-2/h5-6,10,12,15H,3-4,7-9,11H2,1-2H3,(H,19,23). The topological polar surface area (TPSA) is 67.3 Å². The van der Waals surface area contributed by atoms with Gasteiger partial charge in [0.1, 0.15) is 5.82 Å². The molecule has 0 spiro atoms. The second-order valence-electron chi connectivity index (χ2n) is 6.27. The second kappa shape index (κ2) is 8.40. The Morgan fingerprint density at radius 2 is 2.36 bits per heavy atom. The Balaban J connectivity index is 1.62. The highest BCUT2D eigenvalue weighted by atomic mass is 32.1. The molecule has 25 heavy (non-hydrogen) atoms. The minimum atomic E-state index is -0.120. The number of anilines is 1. The van der Waals surface area contributed by atoms with Gasteiger partial charge in [-0.3, -0.25) is 4.79 Å². The molecule has 3 heterocycles. The van der Waals surface area contributed by atoms with E-state index in [0.29, 0.717) is 24.6 Å². The Bertz CT molecular complexity index is 701. The van der Waals surface area contributed by atoms with Crippen LogP contribution >= 0.6 is 11.3 Å². The molecule has 134 valence electrons. The van der Waals surface area contributed by atoms with Gasteiger partial charge >= 0.3 is 0 Å². The number of carbonyl (C=O) groups excluding carboxylic acids is 1. The van der Waals surface area contributed by atoms with Gasteiger partial charge in [-0.05, 0) is 31.9 Å². The van der Waals surface area contributed by atoms with E-state index in [1.165, 1.54) is 11.4 Å². The van der Waals surface area contributed by atoms with E-state index in [1.807, 2.05) is 19.1 Å². The lowest BCUT2D eigenvalue weighted by Gasteiger charge is -2.32. The molecule has 0 saturated carbocycles. The van der Waals surface area contributed by atoms with Crippen LogP contribution in [-0.2, 0) is 4.74 Å². The van der Waals surface area contributed by atoms with Gasteiger partial charge in [-0.25, -0.2) is 9.97 Å². The monoisotopic (exact) mass is 360 g/mol. The number of nitrogens with one attached hydrogen (secondary N) is 1. The van der Waals surface area contributed by atoms with Gasteiger partial charge in [0, 0.05) is 49.9 Å².